The van der Waals surface area contributed by atoms with Gasteiger partial charge in [-0.15, -0.1) is 0 Å². The number of aliphatic hydroxyl groups excluding tert-OH is 3. The number of rotatable bonds is 42. The van der Waals surface area contributed by atoms with Gasteiger partial charge < -0.3 is 34.3 Å². The lowest BCUT2D eigenvalue weighted by atomic mass is 9.99. The second-order valence-corrected chi connectivity index (χ2v) is 17.7. The molecule has 0 aromatic heterocycles. The van der Waals surface area contributed by atoms with Crippen molar-refractivity contribution in [3.63, 3.8) is 0 Å². The third-order valence-electron chi connectivity index (χ3n) is 10.9. The molecule has 0 aromatic rings. The minimum Gasteiger partial charge on any atom is -0.457 e. The Kier molecular flexibility index (Phi) is 38.0. The molecule has 12 nitrogen and oxygen atoms in total. The second-order valence-electron chi connectivity index (χ2n) is 16.7. The maximum absolute atomic E-state index is 12.8. The van der Waals surface area contributed by atoms with Gasteiger partial charge in [-0.25, -0.2) is 4.18 Å². The number of hydrogen-bond acceptors (Lipinski definition) is 11. The Morgan fingerprint density at radius 3 is 1.60 bits per heavy atom. The summed E-state index contributed by atoms with van der Waals surface area (Å²) in [5, 5.41) is 30.7. The minimum atomic E-state index is -5.07. The third-order valence-corrected chi connectivity index (χ3v) is 11.4. The van der Waals surface area contributed by atoms with E-state index in [1.807, 2.05) is 0 Å². The van der Waals surface area contributed by atoms with Gasteiger partial charge in [0.05, 0.1) is 19.8 Å². The number of ether oxygens (including phenoxy) is 4. The number of allylic oxidation sites excluding steroid dienone is 8. The number of carbonyl (C=O) groups is 1. The highest BCUT2D eigenvalue weighted by Gasteiger charge is 2.48. The normalized spacial score (nSPS) is 20.4. The number of carbonyl (C=O) groups excluding carboxylic acids is 1. The van der Waals surface area contributed by atoms with E-state index in [9.17, 15) is 28.5 Å². The van der Waals surface area contributed by atoms with Gasteiger partial charge in [0, 0.05) is 13.0 Å². The summed E-state index contributed by atoms with van der Waals surface area (Å²) in [6.07, 6.45) is 40.0. The molecule has 1 saturated heterocycles. The molecule has 1 heterocycles. The fraction of sp³-hybridized carbons (Fsp3) is 0.816. The lowest BCUT2D eigenvalue weighted by molar-refractivity contribution is -0.301. The maximum Gasteiger partial charge on any atom is 0.397 e. The van der Waals surface area contributed by atoms with Gasteiger partial charge in [0.1, 0.15) is 30.5 Å². The SMILES string of the molecule is CCC/C=C\C/C=C\CCCCCCCC(=O)OC(COCCCCCCCCCCCC/C=C\C/C=C\CCCCCCC)COC1OC(CO)C(O)C(OS(=O)(=O)O)C1O. The van der Waals surface area contributed by atoms with Crippen LogP contribution in [0.15, 0.2) is 48.6 Å². The molecule has 0 aliphatic carbocycles. The molecule has 4 N–H and O–H groups in total. The molecular weight excluding hydrogens is 813 g/mol. The summed E-state index contributed by atoms with van der Waals surface area (Å²) in [4.78, 5) is 12.8. The predicted molar refractivity (Wildman–Crippen MR) is 248 cm³/mol. The first-order chi connectivity index (χ1) is 30.1. The van der Waals surface area contributed by atoms with Gasteiger partial charge in [0.2, 0.25) is 0 Å². The van der Waals surface area contributed by atoms with Crippen LogP contribution < -0.4 is 0 Å². The Bertz CT molecular complexity index is 1270. The van der Waals surface area contributed by atoms with E-state index in [4.69, 9.17) is 23.5 Å². The third kappa shape index (κ3) is 33.6. The van der Waals surface area contributed by atoms with Crippen molar-refractivity contribution < 1.29 is 56.2 Å². The molecule has 1 rings (SSSR count). The largest absolute Gasteiger partial charge is 0.457 e. The van der Waals surface area contributed by atoms with Crippen LogP contribution >= 0.6 is 0 Å². The highest BCUT2D eigenvalue weighted by Crippen LogP contribution is 2.26. The van der Waals surface area contributed by atoms with Gasteiger partial charge in [-0.05, 0) is 70.6 Å². The van der Waals surface area contributed by atoms with Crippen LogP contribution in [0, 0.1) is 0 Å². The summed E-state index contributed by atoms with van der Waals surface area (Å²) < 4.78 is 59.1. The van der Waals surface area contributed by atoms with Crippen molar-refractivity contribution in [2.75, 3.05) is 26.4 Å². The molecule has 6 unspecified atom stereocenters. The van der Waals surface area contributed by atoms with Crippen LogP contribution in [-0.4, -0.2) is 97.5 Å². The Morgan fingerprint density at radius 1 is 0.613 bits per heavy atom. The zero-order valence-corrected chi connectivity index (χ0v) is 39.5. The molecular formula is C49H88O12S. The van der Waals surface area contributed by atoms with Crippen LogP contribution in [0.5, 0.6) is 0 Å². The van der Waals surface area contributed by atoms with Crippen LogP contribution in [0.4, 0.5) is 0 Å². The summed E-state index contributed by atoms with van der Waals surface area (Å²) in [6, 6.07) is 0. The van der Waals surface area contributed by atoms with E-state index < -0.39 is 59.8 Å². The van der Waals surface area contributed by atoms with Crippen molar-refractivity contribution in [1.29, 1.82) is 0 Å². The van der Waals surface area contributed by atoms with E-state index in [1.54, 1.807) is 0 Å². The van der Waals surface area contributed by atoms with Crippen LogP contribution in [0.25, 0.3) is 0 Å². The number of esters is 1. The van der Waals surface area contributed by atoms with Gasteiger partial charge in [0.15, 0.2) is 6.29 Å². The van der Waals surface area contributed by atoms with E-state index in [1.165, 1.54) is 96.3 Å². The lowest BCUT2D eigenvalue weighted by Gasteiger charge is -2.41. The molecule has 0 amide bonds. The summed E-state index contributed by atoms with van der Waals surface area (Å²) in [7, 11) is -5.07. The fourth-order valence-corrected chi connectivity index (χ4v) is 7.72. The van der Waals surface area contributed by atoms with Gasteiger partial charge in [0.25, 0.3) is 0 Å². The first-order valence-corrected chi connectivity index (χ1v) is 25.8. The summed E-state index contributed by atoms with van der Waals surface area (Å²) >= 11 is 0. The average molecular weight is 901 g/mol. The molecule has 62 heavy (non-hydrogen) atoms. The van der Waals surface area contributed by atoms with Crippen molar-refractivity contribution in [2.24, 2.45) is 0 Å². The highest BCUT2D eigenvalue weighted by atomic mass is 32.3. The summed E-state index contributed by atoms with van der Waals surface area (Å²) in [6.45, 7) is 3.89. The Hall–Kier alpha value is -1.94. The molecule has 1 aliphatic heterocycles. The van der Waals surface area contributed by atoms with E-state index in [0.29, 0.717) is 13.0 Å². The van der Waals surface area contributed by atoms with E-state index in [2.05, 4.69) is 66.6 Å². The number of unbranched alkanes of at least 4 members (excludes halogenated alkanes) is 21. The summed E-state index contributed by atoms with van der Waals surface area (Å²) in [5.41, 5.74) is 0. The molecule has 362 valence electrons. The van der Waals surface area contributed by atoms with Crippen molar-refractivity contribution in [2.45, 2.75) is 230 Å². The monoisotopic (exact) mass is 901 g/mol. The van der Waals surface area contributed by atoms with Gasteiger partial charge in [-0.2, -0.15) is 8.42 Å². The van der Waals surface area contributed by atoms with Gasteiger partial charge in [-0.1, -0.05) is 165 Å². The first-order valence-electron chi connectivity index (χ1n) is 24.4. The standard InChI is InChI=1S/C49H88O12S/c1-3-5-7-9-11-13-15-17-18-19-20-21-22-23-24-25-27-29-31-33-35-37-39-57-41-43(42-58-49-47(53)48(61-62(54,55)56)46(52)44(40-50)60-49)59-45(51)38-36-34-32-30-28-26-16-14-12-10-8-6-4-2/h8,10,14-17,19-20,43-44,46-50,52-53H,3-7,9,11-13,18,21-42H2,1-2H3,(H,54,55,56)/b10-8-,16-14-,17-15-,20-19-. The van der Waals surface area contributed by atoms with Crippen molar-refractivity contribution in [1.82, 2.24) is 0 Å². The predicted octanol–water partition coefficient (Wildman–Crippen LogP) is 10.7. The van der Waals surface area contributed by atoms with Crippen LogP contribution in [0.3, 0.4) is 0 Å². The summed E-state index contributed by atoms with van der Waals surface area (Å²) in [5.74, 6) is -0.415. The number of hydrogen-bond donors (Lipinski definition) is 4. The van der Waals surface area contributed by atoms with Crippen molar-refractivity contribution >= 4 is 16.4 Å². The van der Waals surface area contributed by atoms with Gasteiger partial charge >= 0.3 is 16.4 Å². The van der Waals surface area contributed by atoms with Crippen LogP contribution in [0.1, 0.15) is 194 Å². The maximum atomic E-state index is 12.8. The highest BCUT2D eigenvalue weighted by molar-refractivity contribution is 7.80. The molecule has 1 aliphatic rings. The molecule has 0 aromatic carbocycles. The first kappa shape index (κ1) is 58.1. The van der Waals surface area contributed by atoms with Crippen molar-refractivity contribution in [3.8, 4) is 0 Å². The molecule has 0 radical (unpaired) electrons. The average Bonchev–Trinajstić information content (AvgIpc) is 3.24. The molecule has 0 bridgehead atoms. The van der Waals surface area contributed by atoms with E-state index in [-0.39, 0.29) is 19.6 Å². The zero-order valence-electron chi connectivity index (χ0n) is 38.7. The molecule has 1 fully saturated rings. The minimum absolute atomic E-state index is 0.0273. The zero-order chi connectivity index (χ0) is 45.4. The Labute approximate surface area is 376 Å². The van der Waals surface area contributed by atoms with E-state index >= 15 is 0 Å². The lowest BCUT2D eigenvalue weighted by Crippen LogP contribution is -2.60. The number of aliphatic hydroxyl groups is 3. The Morgan fingerprint density at radius 2 is 1.10 bits per heavy atom. The van der Waals surface area contributed by atoms with E-state index in [0.717, 1.165) is 70.6 Å². The van der Waals surface area contributed by atoms with Crippen LogP contribution in [0.2, 0.25) is 0 Å². The topological polar surface area (TPSA) is 178 Å². The molecule has 6 atom stereocenters. The van der Waals surface area contributed by atoms with Crippen molar-refractivity contribution in [3.05, 3.63) is 48.6 Å². The smallest absolute Gasteiger partial charge is 0.397 e. The van der Waals surface area contributed by atoms with Crippen LogP contribution in [-0.2, 0) is 38.3 Å². The molecule has 0 saturated carbocycles. The van der Waals surface area contributed by atoms with Gasteiger partial charge in [-0.3, -0.25) is 9.35 Å². The fourth-order valence-electron chi connectivity index (χ4n) is 7.21. The Balaban J connectivity index is 2.36. The molecule has 13 heteroatoms. The molecule has 0 spiro atoms. The quantitative estimate of drug-likeness (QED) is 0.0198. The second kappa shape index (κ2) is 40.6.